The Morgan fingerprint density at radius 2 is 2.00 bits per heavy atom. The minimum Gasteiger partial charge on any atom is -0.352 e. The molecular weight excluding hydrogens is 142 g/mol. The molecular formula is C8H15NO2. The zero-order chi connectivity index (χ0) is 7.52. The van der Waals surface area contributed by atoms with E-state index in [-0.39, 0.29) is 6.29 Å². The second-order valence-electron chi connectivity index (χ2n) is 3.22. The monoisotopic (exact) mass is 157 g/mol. The fourth-order valence-corrected chi connectivity index (χ4v) is 1.69. The Hall–Kier alpha value is -0.120. The zero-order valence-electron chi connectivity index (χ0n) is 6.71. The van der Waals surface area contributed by atoms with Gasteiger partial charge in [0.1, 0.15) is 0 Å². The van der Waals surface area contributed by atoms with Gasteiger partial charge < -0.3 is 14.8 Å². The summed E-state index contributed by atoms with van der Waals surface area (Å²) in [6.07, 6.45) is 2.33. The highest BCUT2D eigenvalue weighted by Crippen LogP contribution is 2.19. The molecule has 0 radical (unpaired) electrons. The van der Waals surface area contributed by atoms with Crippen molar-refractivity contribution in [3.63, 3.8) is 0 Å². The van der Waals surface area contributed by atoms with Crippen LogP contribution in [0.25, 0.3) is 0 Å². The van der Waals surface area contributed by atoms with Crippen LogP contribution >= 0.6 is 0 Å². The van der Waals surface area contributed by atoms with Crippen molar-refractivity contribution in [2.24, 2.45) is 5.92 Å². The van der Waals surface area contributed by atoms with Crippen LogP contribution in [0.15, 0.2) is 0 Å². The third-order valence-electron chi connectivity index (χ3n) is 2.34. The Labute approximate surface area is 67.1 Å². The Bertz CT molecular complexity index is 117. The summed E-state index contributed by atoms with van der Waals surface area (Å²) in [4.78, 5) is 0. The van der Waals surface area contributed by atoms with Crippen LogP contribution in [0.5, 0.6) is 0 Å². The van der Waals surface area contributed by atoms with Gasteiger partial charge in [0, 0.05) is 12.5 Å². The molecule has 2 aliphatic heterocycles. The zero-order valence-corrected chi connectivity index (χ0v) is 6.71. The first-order chi connectivity index (χ1) is 5.47. The van der Waals surface area contributed by atoms with Gasteiger partial charge in [-0.3, -0.25) is 0 Å². The normalized spacial score (nSPS) is 34.4. The molecule has 2 heterocycles. The quantitative estimate of drug-likeness (QED) is 0.596. The second kappa shape index (κ2) is 3.52. The van der Waals surface area contributed by atoms with E-state index in [4.69, 9.17) is 9.47 Å². The van der Waals surface area contributed by atoms with Gasteiger partial charge in [-0.15, -0.1) is 0 Å². The van der Waals surface area contributed by atoms with Gasteiger partial charge >= 0.3 is 0 Å². The van der Waals surface area contributed by atoms with Crippen LogP contribution in [0.3, 0.4) is 0 Å². The van der Waals surface area contributed by atoms with E-state index in [0.717, 1.165) is 32.7 Å². The largest absolute Gasteiger partial charge is 0.352 e. The van der Waals surface area contributed by atoms with E-state index in [1.54, 1.807) is 0 Å². The van der Waals surface area contributed by atoms with Crippen LogP contribution < -0.4 is 5.32 Å². The minimum absolute atomic E-state index is 0.0822. The number of nitrogens with one attached hydrogen (secondary N) is 1. The summed E-state index contributed by atoms with van der Waals surface area (Å²) in [6.45, 7) is 3.93. The second-order valence-corrected chi connectivity index (χ2v) is 3.22. The van der Waals surface area contributed by atoms with Gasteiger partial charge in [-0.25, -0.2) is 0 Å². The summed E-state index contributed by atoms with van der Waals surface area (Å²) >= 11 is 0. The number of ether oxygens (including phenoxy) is 2. The molecule has 0 unspecified atom stereocenters. The fraction of sp³-hybridized carbons (Fsp3) is 1.00. The van der Waals surface area contributed by atoms with Crippen molar-refractivity contribution in [3.05, 3.63) is 0 Å². The third-order valence-corrected chi connectivity index (χ3v) is 2.34. The number of hydrogen-bond acceptors (Lipinski definition) is 3. The van der Waals surface area contributed by atoms with Crippen molar-refractivity contribution in [3.8, 4) is 0 Å². The lowest BCUT2D eigenvalue weighted by molar-refractivity contribution is -0.201. The molecule has 0 bridgehead atoms. The van der Waals surface area contributed by atoms with Crippen molar-refractivity contribution in [1.29, 1.82) is 0 Å². The van der Waals surface area contributed by atoms with Crippen LogP contribution in [-0.2, 0) is 9.47 Å². The van der Waals surface area contributed by atoms with Gasteiger partial charge in [0.15, 0.2) is 6.29 Å². The predicted octanol–water partition coefficient (Wildman–Crippen LogP) is 0.359. The molecule has 0 aromatic carbocycles. The average Bonchev–Trinajstić information content (AvgIpc) is 2.58. The first kappa shape index (κ1) is 7.53. The van der Waals surface area contributed by atoms with Crippen LogP contribution in [0.2, 0.25) is 0 Å². The van der Waals surface area contributed by atoms with Crippen molar-refractivity contribution in [1.82, 2.24) is 5.32 Å². The smallest absolute Gasteiger partial charge is 0.161 e. The lowest BCUT2D eigenvalue weighted by atomic mass is 10.1. The Kier molecular flexibility index (Phi) is 2.41. The molecule has 2 rings (SSSR count). The maximum absolute atomic E-state index is 5.50. The van der Waals surface area contributed by atoms with Crippen LogP contribution in [0, 0.1) is 5.92 Å². The summed E-state index contributed by atoms with van der Waals surface area (Å²) in [6, 6.07) is 0. The topological polar surface area (TPSA) is 30.5 Å². The summed E-state index contributed by atoms with van der Waals surface area (Å²) in [5, 5.41) is 3.31. The standard InChI is InChI=1S/C8H15NO2/c1-4-10-8(11-5-1)7-2-3-9-6-7/h7-9H,1-6H2/t7-/m0/s1. The van der Waals surface area contributed by atoms with Gasteiger partial charge in [-0.2, -0.15) is 0 Å². The van der Waals surface area contributed by atoms with Crippen LogP contribution in [0.4, 0.5) is 0 Å². The van der Waals surface area contributed by atoms with E-state index >= 15 is 0 Å². The lowest BCUT2D eigenvalue weighted by Gasteiger charge is -2.27. The number of hydrogen-bond donors (Lipinski definition) is 1. The molecule has 0 saturated carbocycles. The minimum atomic E-state index is 0.0822. The van der Waals surface area contributed by atoms with E-state index in [9.17, 15) is 0 Å². The van der Waals surface area contributed by atoms with E-state index in [1.807, 2.05) is 0 Å². The van der Waals surface area contributed by atoms with Gasteiger partial charge in [0.2, 0.25) is 0 Å². The maximum Gasteiger partial charge on any atom is 0.161 e. The lowest BCUT2D eigenvalue weighted by Crippen LogP contribution is -2.33. The molecule has 1 atom stereocenters. The SMILES string of the molecule is C1COC([C@H]2CCNC2)OC1. The van der Waals surface area contributed by atoms with Crippen molar-refractivity contribution in [2.75, 3.05) is 26.3 Å². The van der Waals surface area contributed by atoms with Crippen LogP contribution in [-0.4, -0.2) is 32.6 Å². The van der Waals surface area contributed by atoms with E-state index in [2.05, 4.69) is 5.32 Å². The highest BCUT2D eigenvalue weighted by molar-refractivity contribution is 4.75. The first-order valence-electron chi connectivity index (χ1n) is 4.41. The molecule has 2 fully saturated rings. The van der Waals surface area contributed by atoms with Crippen molar-refractivity contribution < 1.29 is 9.47 Å². The molecule has 0 aromatic heterocycles. The van der Waals surface area contributed by atoms with Gasteiger partial charge in [0.25, 0.3) is 0 Å². The van der Waals surface area contributed by atoms with Gasteiger partial charge in [-0.1, -0.05) is 0 Å². The Morgan fingerprint density at radius 3 is 2.64 bits per heavy atom. The molecule has 0 spiro atoms. The molecule has 64 valence electrons. The molecule has 2 saturated heterocycles. The maximum atomic E-state index is 5.50. The molecule has 1 N–H and O–H groups in total. The molecule has 2 aliphatic rings. The molecule has 3 heteroatoms. The van der Waals surface area contributed by atoms with E-state index in [0.29, 0.717) is 5.92 Å². The highest BCUT2D eigenvalue weighted by atomic mass is 16.7. The molecule has 0 amide bonds. The number of rotatable bonds is 1. The predicted molar refractivity (Wildman–Crippen MR) is 41.3 cm³/mol. The Morgan fingerprint density at radius 1 is 1.18 bits per heavy atom. The van der Waals surface area contributed by atoms with E-state index < -0.39 is 0 Å². The third kappa shape index (κ3) is 1.72. The molecule has 3 nitrogen and oxygen atoms in total. The fourth-order valence-electron chi connectivity index (χ4n) is 1.69. The van der Waals surface area contributed by atoms with Crippen molar-refractivity contribution >= 4 is 0 Å². The summed E-state index contributed by atoms with van der Waals surface area (Å²) in [5.41, 5.74) is 0. The van der Waals surface area contributed by atoms with E-state index in [1.165, 1.54) is 6.42 Å². The molecule has 0 aliphatic carbocycles. The van der Waals surface area contributed by atoms with Gasteiger partial charge in [0.05, 0.1) is 13.2 Å². The summed E-state index contributed by atoms with van der Waals surface area (Å²) < 4.78 is 11.0. The summed E-state index contributed by atoms with van der Waals surface area (Å²) in [7, 11) is 0. The van der Waals surface area contributed by atoms with Gasteiger partial charge in [-0.05, 0) is 19.4 Å². The first-order valence-corrected chi connectivity index (χ1v) is 4.41. The van der Waals surface area contributed by atoms with Crippen LogP contribution in [0.1, 0.15) is 12.8 Å². The average molecular weight is 157 g/mol. The Balaban J connectivity index is 1.82. The molecule has 11 heavy (non-hydrogen) atoms. The highest BCUT2D eigenvalue weighted by Gasteiger charge is 2.27. The van der Waals surface area contributed by atoms with Crippen molar-refractivity contribution in [2.45, 2.75) is 19.1 Å². The summed E-state index contributed by atoms with van der Waals surface area (Å²) in [5.74, 6) is 0.593. The molecule has 0 aromatic rings.